The summed E-state index contributed by atoms with van der Waals surface area (Å²) in [6.07, 6.45) is 0.744. The van der Waals surface area contributed by atoms with Gasteiger partial charge in [0, 0.05) is 16.9 Å². The Bertz CT molecular complexity index is 763. The molecule has 0 aliphatic heterocycles. The molecule has 1 aliphatic rings. The van der Waals surface area contributed by atoms with Crippen molar-refractivity contribution in [2.45, 2.75) is 26.9 Å². The molecule has 2 rings (SSSR count). The number of esters is 1. The molecule has 0 aromatic heterocycles. The summed E-state index contributed by atoms with van der Waals surface area (Å²) in [6, 6.07) is 0. The van der Waals surface area contributed by atoms with Crippen molar-refractivity contribution in [2.24, 2.45) is 17.3 Å². The van der Waals surface area contributed by atoms with Crippen LogP contribution in [0.4, 0.5) is 17.6 Å². The van der Waals surface area contributed by atoms with Gasteiger partial charge >= 0.3 is 5.97 Å². The predicted octanol–water partition coefficient (Wildman–Crippen LogP) is 4.49. The molecule has 25 heavy (non-hydrogen) atoms. The van der Waals surface area contributed by atoms with Crippen LogP contribution in [0.3, 0.4) is 0 Å². The number of hydrogen-bond donors (Lipinski definition) is 0. The van der Waals surface area contributed by atoms with Gasteiger partial charge in [-0.2, -0.15) is 0 Å². The molecule has 0 N–H and O–H groups in total. The van der Waals surface area contributed by atoms with Crippen molar-refractivity contribution in [3.8, 4) is 11.3 Å². The van der Waals surface area contributed by atoms with Crippen LogP contribution < -0.4 is 0 Å². The maximum atomic E-state index is 14.0. The second-order valence-corrected chi connectivity index (χ2v) is 6.52. The molecule has 7 heteroatoms. The molecule has 0 bridgehead atoms. The van der Waals surface area contributed by atoms with E-state index < -0.39 is 58.3 Å². The second-order valence-electron chi connectivity index (χ2n) is 6.33. The van der Waals surface area contributed by atoms with Gasteiger partial charge in [-0.3, -0.25) is 4.79 Å². The molecule has 0 spiro atoms. The van der Waals surface area contributed by atoms with Gasteiger partial charge in [0.15, 0.2) is 23.3 Å². The van der Waals surface area contributed by atoms with Gasteiger partial charge in [0.05, 0.1) is 11.5 Å². The van der Waals surface area contributed by atoms with Crippen molar-refractivity contribution in [3.05, 3.63) is 47.1 Å². The Balaban J connectivity index is 2.20. The van der Waals surface area contributed by atoms with E-state index in [-0.39, 0.29) is 12.3 Å². The summed E-state index contributed by atoms with van der Waals surface area (Å²) in [5.74, 6) is -5.32. The fourth-order valence-electron chi connectivity index (χ4n) is 2.81. The molecule has 2 unspecified atom stereocenters. The number of hydrogen-bond acceptors (Lipinski definition) is 2. The summed E-state index contributed by atoms with van der Waals surface area (Å²) >= 11 is 5.32. The summed E-state index contributed by atoms with van der Waals surface area (Å²) in [7, 11) is 0. The van der Waals surface area contributed by atoms with Crippen molar-refractivity contribution in [1.82, 2.24) is 0 Å². The van der Waals surface area contributed by atoms with Gasteiger partial charge in [-0.1, -0.05) is 25.8 Å². The minimum Gasteiger partial charge on any atom is -0.460 e. The van der Waals surface area contributed by atoms with Gasteiger partial charge < -0.3 is 4.74 Å². The van der Waals surface area contributed by atoms with Crippen molar-refractivity contribution in [2.75, 3.05) is 0 Å². The Morgan fingerprint density at radius 3 is 2.20 bits per heavy atom. The van der Waals surface area contributed by atoms with E-state index in [2.05, 4.69) is 17.9 Å². The molecular formula is C18H15ClF4O2. The number of halogens is 5. The maximum absolute atomic E-state index is 14.0. The number of carbonyl (C=O) groups is 1. The minimum atomic E-state index is -1.59. The summed E-state index contributed by atoms with van der Waals surface area (Å²) in [5.41, 5.74) is -2.24. The van der Waals surface area contributed by atoms with Crippen LogP contribution >= 0.6 is 11.6 Å². The fourth-order valence-corrected chi connectivity index (χ4v) is 2.93. The van der Waals surface area contributed by atoms with Gasteiger partial charge in [-0.25, -0.2) is 17.6 Å². The number of carbonyl (C=O) groups excluding carboxylic acids is 1. The smallest absolute Gasteiger partial charge is 0.311 e. The Kier molecular flexibility index (Phi) is 5.48. The highest BCUT2D eigenvalue weighted by Gasteiger charge is 2.62. The quantitative estimate of drug-likeness (QED) is 0.250. The zero-order chi connectivity index (χ0) is 18.9. The van der Waals surface area contributed by atoms with Crippen LogP contribution in [0.25, 0.3) is 0 Å². The minimum absolute atomic E-state index is 0.351. The highest BCUT2D eigenvalue weighted by Crippen LogP contribution is 2.58. The highest BCUT2D eigenvalue weighted by atomic mass is 35.5. The normalized spacial score (nSPS) is 20.4. The first-order valence-electron chi connectivity index (χ1n) is 7.40. The van der Waals surface area contributed by atoms with Crippen LogP contribution in [-0.4, -0.2) is 5.97 Å². The molecular weight excluding hydrogens is 360 g/mol. The van der Waals surface area contributed by atoms with Gasteiger partial charge in [0.25, 0.3) is 0 Å². The second kappa shape index (κ2) is 7.09. The van der Waals surface area contributed by atoms with Crippen LogP contribution in [0.15, 0.2) is 12.7 Å². The van der Waals surface area contributed by atoms with Crippen LogP contribution in [0.1, 0.15) is 25.0 Å². The molecule has 1 aromatic rings. The first-order chi connectivity index (χ1) is 11.7. The Morgan fingerprint density at radius 2 is 1.72 bits per heavy atom. The zero-order valence-electron chi connectivity index (χ0n) is 13.6. The van der Waals surface area contributed by atoms with E-state index in [9.17, 15) is 22.4 Å². The monoisotopic (exact) mass is 374 g/mol. The average Bonchev–Trinajstić information content (AvgIpc) is 3.10. The summed E-state index contributed by atoms with van der Waals surface area (Å²) < 4.78 is 60.6. The average molecular weight is 375 g/mol. The topological polar surface area (TPSA) is 26.3 Å². The molecule has 1 saturated carbocycles. The molecule has 2 nitrogen and oxygen atoms in total. The van der Waals surface area contributed by atoms with Gasteiger partial charge in [0.1, 0.15) is 6.61 Å². The Labute approximate surface area is 147 Å². The van der Waals surface area contributed by atoms with Crippen molar-refractivity contribution < 1.29 is 27.1 Å². The lowest BCUT2D eigenvalue weighted by molar-refractivity contribution is -0.147. The summed E-state index contributed by atoms with van der Waals surface area (Å²) in [4.78, 5) is 12.1. The molecule has 0 amide bonds. The molecule has 0 saturated heterocycles. The molecule has 1 aromatic carbocycles. The lowest BCUT2D eigenvalue weighted by atomic mass is 10.1. The van der Waals surface area contributed by atoms with E-state index in [1.54, 1.807) is 13.8 Å². The van der Waals surface area contributed by atoms with Crippen LogP contribution in [0.2, 0.25) is 0 Å². The Hall–Kier alpha value is -2.00. The first-order valence-corrected chi connectivity index (χ1v) is 7.78. The van der Waals surface area contributed by atoms with Gasteiger partial charge in [-0.15, -0.1) is 6.58 Å². The number of allylic oxidation sites excluding steroid dienone is 1. The lowest BCUT2D eigenvalue weighted by Crippen LogP contribution is -2.14. The van der Waals surface area contributed by atoms with E-state index in [1.165, 1.54) is 0 Å². The Morgan fingerprint density at radius 1 is 1.20 bits per heavy atom. The van der Waals surface area contributed by atoms with Crippen molar-refractivity contribution >= 4 is 17.6 Å². The fraction of sp³-hybridized carbons (Fsp3) is 0.389. The zero-order valence-corrected chi connectivity index (χ0v) is 14.3. The van der Waals surface area contributed by atoms with Crippen molar-refractivity contribution in [3.63, 3.8) is 0 Å². The number of rotatable bonds is 5. The van der Waals surface area contributed by atoms with Crippen LogP contribution in [0, 0.1) is 51.8 Å². The highest BCUT2D eigenvalue weighted by molar-refractivity contribution is 6.30. The van der Waals surface area contributed by atoms with Crippen LogP contribution in [-0.2, 0) is 22.6 Å². The standard InChI is InChI=1S/C18H15ClF4O2/c1-4-5-9-13(20)15(22)10(16(23)14(9)21)8-25-17(24)12-11(6-7-19)18(12,2)3/h4,11-12H,1,5,8H2,2-3H3. The first kappa shape index (κ1) is 19.3. The maximum Gasteiger partial charge on any atom is 0.311 e. The van der Waals surface area contributed by atoms with E-state index in [0.29, 0.717) is 0 Å². The molecule has 0 heterocycles. The van der Waals surface area contributed by atoms with E-state index >= 15 is 0 Å². The summed E-state index contributed by atoms with van der Waals surface area (Å²) in [6.45, 7) is 5.87. The third-order valence-electron chi connectivity index (χ3n) is 4.44. The molecule has 0 radical (unpaired) electrons. The molecule has 1 aliphatic carbocycles. The number of ether oxygens (including phenoxy) is 1. The van der Waals surface area contributed by atoms with E-state index in [1.807, 2.05) is 0 Å². The third-order valence-corrected chi connectivity index (χ3v) is 4.55. The van der Waals surface area contributed by atoms with Gasteiger partial charge in [-0.05, 0) is 23.4 Å². The van der Waals surface area contributed by atoms with Gasteiger partial charge in [0.2, 0.25) is 0 Å². The predicted molar refractivity (Wildman–Crippen MR) is 84.4 cm³/mol. The van der Waals surface area contributed by atoms with E-state index in [4.69, 9.17) is 16.3 Å². The molecule has 1 fully saturated rings. The van der Waals surface area contributed by atoms with Crippen molar-refractivity contribution in [1.29, 1.82) is 0 Å². The largest absolute Gasteiger partial charge is 0.460 e. The lowest BCUT2D eigenvalue weighted by Gasteiger charge is -2.12. The third kappa shape index (κ3) is 3.38. The molecule has 2 atom stereocenters. The SMILES string of the molecule is C=CCc1c(F)c(F)c(COC(=O)C2C(C#CCl)C2(C)C)c(F)c1F. The molecule has 134 valence electrons. The number of benzene rings is 1. The van der Waals surface area contributed by atoms with Crippen LogP contribution in [0.5, 0.6) is 0 Å². The van der Waals surface area contributed by atoms with E-state index in [0.717, 1.165) is 6.08 Å². The summed E-state index contributed by atoms with van der Waals surface area (Å²) in [5, 5.41) is 2.18.